The van der Waals surface area contributed by atoms with Crippen LogP contribution in [0.15, 0.2) is 127 Å². The molecule has 4 amide bonds. The van der Waals surface area contributed by atoms with Gasteiger partial charge in [0.2, 0.25) is 23.6 Å². The third-order valence-corrected chi connectivity index (χ3v) is 13.7. The number of benzene rings is 5. The van der Waals surface area contributed by atoms with E-state index >= 15 is 0 Å². The van der Waals surface area contributed by atoms with Gasteiger partial charge in [0.15, 0.2) is 0 Å². The fraction of sp³-hybridized carbons (Fsp3) is 0.377. The highest BCUT2D eigenvalue weighted by Gasteiger charge is 2.44. The first-order valence-electron chi connectivity index (χ1n) is 23.2. The number of nitrogens with two attached hydrogens (primary N) is 2. The van der Waals surface area contributed by atoms with E-state index < -0.39 is 66.8 Å². The highest BCUT2D eigenvalue weighted by atomic mass is 31.2. The third kappa shape index (κ3) is 14.9. The molecule has 0 radical (unpaired) electrons. The van der Waals surface area contributed by atoms with Gasteiger partial charge >= 0.3 is 13.6 Å². The minimum Gasteiger partial charge on any atom is -0.458 e. The van der Waals surface area contributed by atoms with Crippen molar-refractivity contribution >= 4 is 48.0 Å². The highest BCUT2D eigenvalue weighted by molar-refractivity contribution is 7.52. The van der Waals surface area contributed by atoms with Crippen molar-refractivity contribution in [2.24, 2.45) is 17.4 Å². The molecule has 5 aromatic rings. The Morgan fingerprint density at radius 2 is 1.29 bits per heavy atom. The zero-order chi connectivity index (χ0) is 48.7. The summed E-state index contributed by atoms with van der Waals surface area (Å²) in [6, 6.07) is 36.8. The van der Waals surface area contributed by atoms with E-state index in [4.69, 9.17) is 25.3 Å². The number of rotatable bonds is 22. The van der Waals surface area contributed by atoms with E-state index in [9.17, 15) is 28.5 Å². The predicted octanol–water partition coefficient (Wildman–Crippen LogP) is 7.85. The van der Waals surface area contributed by atoms with Crippen molar-refractivity contribution in [3.05, 3.63) is 155 Å². The molecule has 68 heavy (non-hydrogen) atoms. The molecule has 0 bridgehead atoms. The van der Waals surface area contributed by atoms with Gasteiger partial charge in [-0.15, -0.1) is 0 Å². The molecule has 6 rings (SSSR count). The van der Waals surface area contributed by atoms with Crippen molar-refractivity contribution in [1.29, 1.82) is 0 Å². The smallest absolute Gasteiger partial charge is 0.335 e. The van der Waals surface area contributed by atoms with Gasteiger partial charge in [-0.25, -0.2) is 4.79 Å². The van der Waals surface area contributed by atoms with Crippen molar-refractivity contribution < 1.29 is 42.3 Å². The summed E-state index contributed by atoms with van der Waals surface area (Å²) in [6.45, 7) is 5.30. The molecule has 1 aliphatic carbocycles. The van der Waals surface area contributed by atoms with Gasteiger partial charge in [0.05, 0.1) is 25.8 Å². The summed E-state index contributed by atoms with van der Waals surface area (Å²) in [5.74, 6) is -3.74. The summed E-state index contributed by atoms with van der Waals surface area (Å²) in [5.41, 5.74) is 13.0. The summed E-state index contributed by atoms with van der Waals surface area (Å²) in [6.07, 6.45) is 2.33. The lowest BCUT2D eigenvalue weighted by molar-refractivity contribution is -0.160. The van der Waals surface area contributed by atoms with Crippen molar-refractivity contribution in [1.82, 2.24) is 16.0 Å². The number of carbonyl (C=O) groups excluding carboxylic acids is 5. The first kappa shape index (κ1) is 51.2. The Hall–Kier alpha value is -6.18. The monoisotopic (exact) mass is 945 g/mol. The van der Waals surface area contributed by atoms with Crippen LogP contribution in [0, 0.1) is 5.92 Å². The van der Waals surface area contributed by atoms with Gasteiger partial charge in [-0.05, 0) is 91.1 Å². The number of esters is 1. The van der Waals surface area contributed by atoms with Gasteiger partial charge in [-0.2, -0.15) is 0 Å². The van der Waals surface area contributed by atoms with Crippen LogP contribution in [-0.4, -0.2) is 53.3 Å². The topological polar surface area (TPSA) is 218 Å². The Labute approximate surface area is 398 Å². The van der Waals surface area contributed by atoms with Crippen LogP contribution >= 0.6 is 7.60 Å². The quantitative estimate of drug-likeness (QED) is 0.0334. The fourth-order valence-electron chi connectivity index (χ4n) is 8.40. The summed E-state index contributed by atoms with van der Waals surface area (Å²) in [4.78, 5) is 68.7. The maximum absolute atomic E-state index is 14.8. The van der Waals surface area contributed by atoms with Gasteiger partial charge < -0.3 is 41.2 Å². The number of primary amides is 1. The Morgan fingerprint density at radius 1 is 0.706 bits per heavy atom. The number of fused-ring (bicyclic) bond motifs is 1. The van der Waals surface area contributed by atoms with Crippen LogP contribution in [-0.2, 0) is 68.1 Å². The number of hydrogen-bond donors (Lipinski definition) is 5. The molecule has 0 spiro atoms. The molecule has 0 saturated heterocycles. The number of carbonyl (C=O) groups is 5. The first-order chi connectivity index (χ1) is 32.5. The lowest BCUT2D eigenvalue weighted by atomic mass is 9.80. The van der Waals surface area contributed by atoms with E-state index in [1.54, 1.807) is 45.0 Å². The SMILES string of the molecule is CC(C)(C)OC(=O)[C@H](CC(N)=O)NC(=O)C1(NC(=O)[C@H](NC(=O)C[C@H](CN)Cc2cccc3ccccc23)c2ccc(CP(=O)(OCc3ccccc3)OCc3ccccc3)cc2)CCCCC1. The van der Waals surface area contributed by atoms with Crippen molar-refractivity contribution in [2.45, 2.75) is 115 Å². The summed E-state index contributed by atoms with van der Waals surface area (Å²) in [7, 11) is -3.77. The molecular weight excluding hydrogens is 882 g/mol. The Balaban J connectivity index is 1.27. The lowest BCUT2D eigenvalue weighted by Gasteiger charge is -2.38. The molecule has 7 N–H and O–H groups in total. The van der Waals surface area contributed by atoms with E-state index in [1.165, 1.54) is 0 Å². The van der Waals surface area contributed by atoms with Gasteiger partial charge in [0.25, 0.3) is 0 Å². The van der Waals surface area contributed by atoms with E-state index in [2.05, 4.69) is 16.0 Å². The zero-order valence-corrected chi connectivity index (χ0v) is 40.0. The Bertz CT molecular complexity index is 2490. The Morgan fingerprint density at radius 3 is 1.88 bits per heavy atom. The molecule has 360 valence electrons. The molecule has 15 heteroatoms. The van der Waals surface area contributed by atoms with Crippen LogP contribution < -0.4 is 27.4 Å². The van der Waals surface area contributed by atoms with E-state index in [0.717, 1.165) is 33.9 Å². The average molecular weight is 946 g/mol. The second-order valence-corrected chi connectivity index (χ2v) is 20.6. The predicted molar refractivity (Wildman–Crippen MR) is 261 cm³/mol. The first-order valence-corrected chi connectivity index (χ1v) is 24.9. The lowest BCUT2D eigenvalue weighted by Crippen LogP contribution is -2.63. The normalized spacial score (nSPS) is 15.1. The molecule has 0 aromatic heterocycles. The second kappa shape index (κ2) is 23.7. The van der Waals surface area contributed by atoms with Gasteiger partial charge in [-0.3, -0.25) is 23.7 Å². The summed E-state index contributed by atoms with van der Waals surface area (Å²) < 4.78 is 32.0. The molecule has 5 aromatic carbocycles. The third-order valence-electron chi connectivity index (χ3n) is 11.9. The number of ether oxygens (including phenoxy) is 1. The van der Waals surface area contributed by atoms with Crippen molar-refractivity contribution in [3.63, 3.8) is 0 Å². The molecular formula is C53H64N5O9P. The maximum atomic E-state index is 14.8. The van der Waals surface area contributed by atoms with Gasteiger partial charge in [0.1, 0.15) is 23.2 Å². The largest absolute Gasteiger partial charge is 0.458 e. The summed E-state index contributed by atoms with van der Waals surface area (Å²) in [5, 5.41) is 10.7. The molecule has 0 aliphatic heterocycles. The zero-order valence-electron chi connectivity index (χ0n) is 39.1. The molecule has 1 aliphatic rings. The molecule has 1 fully saturated rings. The Kier molecular flexibility index (Phi) is 17.9. The number of amides is 4. The summed E-state index contributed by atoms with van der Waals surface area (Å²) >= 11 is 0. The minimum atomic E-state index is -3.77. The highest BCUT2D eigenvalue weighted by Crippen LogP contribution is 2.53. The number of nitrogens with one attached hydrogen (secondary N) is 3. The van der Waals surface area contributed by atoms with Crippen LogP contribution in [0.1, 0.15) is 99.6 Å². The molecule has 1 saturated carbocycles. The van der Waals surface area contributed by atoms with Crippen LogP contribution in [0.25, 0.3) is 10.8 Å². The van der Waals surface area contributed by atoms with Crippen LogP contribution in [0.5, 0.6) is 0 Å². The molecule has 14 nitrogen and oxygen atoms in total. The number of hydrogen-bond acceptors (Lipinski definition) is 10. The molecule has 3 atom stereocenters. The van der Waals surface area contributed by atoms with Crippen LogP contribution in [0.3, 0.4) is 0 Å². The standard InChI is InChI=1S/C53H64N5O9P/c1-52(2,3)67-50(62)45(32-46(55)59)56-51(63)53(28-13-6-14-29-53)58-49(61)48(57-47(60)31-40(33-54)30-43-22-15-21-41-20-11-12-23-44(41)43)42-26-24-39(25-27-42)36-68(64,65-34-37-16-7-4-8-17-37)66-35-38-18-9-5-10-19-38/h4-5,7-12,15-27,40,45,48H,6,13-14,28-36,54H2,1-3H3,(H2,55,59)(H,56,63)(H,57,60)(H,58,61)/t40-,45+,48-/m1/s1. The van der Waals surface area contributed by atoms with Crippen molar-refractivity contribution in [3.8, 4) is 0 Å². The van der Waals surface area contributed by atoms with Crippen LogP contribution in [0.4, 0.5) is 0 Å². The maximum Gasteiger partial charge on any atom is 0.335 e. The van der Waals surface area contributed by atoms with E-state index in [-0.39, 0.29) is 51.1 Å². The van der Waals surface area contributed by atoms with Crippen molar-refractivity contribution in [2.75, 3.05) is 6.54 Å². The second-order valence-electron chi connectivity index (χ2n) is 18.5. The minimum absolute atomic E-state index is 0.00140. The van der Waals surface area contributed by atoms with Crippen LogP contribution in [0.2, 0.25) is 0 Å². The molecule has 0 heterocycles. The van der Waals surface area contributed by atoms with E-state index in [0.29, 0.717) is 30.4 Å². The molecule has 0 unspecified atom stereocenters. The van der Waals surface area contributed by atoms with E-state index in [1.807, 2.05) is 103 Å². The van der Waals surface area contributed by atoms with Gasteiger partial charge in [0, 0.05) is 6.42 Å². The fourth-order valence-corrected chi connectivity index (χ4v) is 10.0. The van der Waals surface area contributed by atoms with Gasteiger partial charge in [-0.1, -0.05) is 147 Å². The average Bonchev–Trinajstić information content (AvgIpc) is 3.32.